The molecule has 0 N–H and O–H groups in total. The largest absolute Gasteiger partial charge is 0.450 e. The molecule has 1 spiro atoms. The van der Waals surface area contributed by atoms with Crippen LogP contribution in [0.15, 0.2) is 24.8 Å². The Morgan fingerprint density at radius 3 is 2.68 bits per heavy atom. The molecular weight excluding hydrogens is 435 g/mol. The molecule has 1 saturated carbocycles. The molecule has 3 aliphatic rings. The maximum absolute atomic E-state index is 14.3. The minimum absolute atomic E-state index is 0.168. The molecule has 1 atom stereocenters. The van der Waals surface area contributed by atoms with E-state index in [1.807, 2.05) is 11.8 Å². The predicted molar refractivity (Wildman–Crippen MR) is 127 cm³/mol. The number of halogens is 1. The maximum Gasteiger partial charge on any atom is 0.409 e. The molecular formula is C25H33FN6O2. The normalized spacial score (nSPS) is 22.1. The first-order valence-electron chi connectivity index (χ1n) is 12.3. The van der Waals surface area contributed by atoms with E-state index in [1.165, 1.54) is 25.5 Å². The first kappa shape index (κ1) is 23.0. The fourth-order valence-corrected chi connectivity index (χ4v) is 5.93. The third-order valence-corrected chi connectivity index (χ3v) is 7.65. The number of hydrogen-bond acceptors (Lipinski definition) is 7. The molecule has 182 valence electrons. The molecule has 1 amide bonds. The number of anilines is 1. The van der Waals surface area contributed by atoms with E-state index in [1.54, 1.807) is 25.5 Å². The van der Waals surface area contributed by atoms with Crippen molar-refractivity contribution in [3.05, 3.63) is 36.2 Å². The smallest absolute Gasteiger partial charge is 0.409 e. The Bertz CT molecular complexity index is 1020. The van der Waals surface area contributed by atoms with Crippen molar-refractivity contribution < 1.29 is 13.9 Å². The molecule has 2 aromatic rings. The summed E-state index contributed by atoms with van der Waals surface area (Å²) in [4.78, 5) is 31.6. The van der Waals surface area contributed by atoms with Gasteiger partial charge in [0.1, 0.15) is 11.6 Å². The van der Waals surface area contributed by atoms with Gasteiger partial charge in [0.15, 0.2) is 0 Å². The van der Waals surface area contributed by atoms with Crippen LogP contribution in [0.1, 0.15) is 31.7 Å². The van der Waals surface area contributed by atoms with Crippen LogP contribution in [0, 0.1) is 24.1 Å². The Balaban J connectivity index is 1.17. The van der Waals surface area contributed by atoms with Gasteiger partial charge in [-0.15, -0.1) is 0 Å². The minimum atomic E-state index is -0.323. The van der Waals surface area contributed by atoms with Crippen molar-refractivity contribution >= 4 is 11.9 Å². The molecule has 9 heteroatoms. The second-order valence-electron chi connectivity index (χ2n) is 9.97. The molecule has 4 heterocycles. The summed E-state index contributed by atoms with van der Waals surface area (Å²) in [6.45, 7) is 10.5. The van der Waals surface area contributed by atoms with E-state index in [0.717, 1.165) is 57.2 Å². The highest BCUT2D eigenvalue weighted by atomic mass is 19.1. The summed E-state index contributed by atoms with van der Waals surface area (Å²) in [5.74, 6) is 1.14. The highest BCUT2D eigenvalue weighted by molar-refractivity contribution is 5.76. The molecule has 0 unspecified atom stereocenters. The van der Waals surface area contributed by atoms with E-state index in [2.05, 4.69) is 24.8 Å². The summed E-state index contributed by atoms with van der Waals surface area (Å²) in [6, 6.07) is 0. The van der Waals surface area contributed by atoms with Crippen LogP contribution >= 0.6 is 0 Å². The number of rotatable bonds is 5. The average Bonchev–Trinajstić information content (AvgIpc) is 3.25. The van der Waals surface area contributed by atoms with Crippen molar-refractivity contribution in [1.82, 2.24) is 24.8 Å². The third kappa shape index (κ3) is 4.45. The molecule has 2 aromatic heterocycles. The van der Waals surface area contributed by atoms with Crippen molar-refractivity contribution in [3.8, 4) is 11.3 Å². The Morgan fingerprint density at radius 1 is 1.18 bits per heavy atom. The molecule has 34 heavy (non-hydrogen) atoms. The molecule has 2 aliphatic heterocycles. The number of likely N-dealkylation sites (tertiary alicyclic amines) is 1. The summed E-state index contributed by atoms with van der Waals surface area (Å²) in [7, 11) is 0. The molecule has 8 nitrogen and oxygen atoms in total. The van der Waals surface area contributed by atoms with Gasteiger partial charge in [-0.05, 0) is 44.6 Å². The molecule has 0 bridgehead atoms. The Kier molecular flexibility index (Phi) is 6.38. The van der Waals surface area contributed by atoms with Crippen LogP contribution in [0.3, 0.4) is 0 Å². The van der Waals surface area contributed by atoms with Gasteiger partial charge in [-0.3, -0.25) is 14.9 Å². The zero-order valence-corrected chi connectivity index (χ0v) is 20.0. The van der Waals surface area contributed by atoms with Crippen molar-refractivity contribution in [3.63, 3.8) is 0 Å². The van der Waals surface area contributed by atoms with Crippen LogP contribution in [0.4, 0.5) is 15.0 Å². The Hall–Kier alpha value is -2.81. The minimum Gasteiger partial charge on any atom is -0.450 e. The van der Waals surface area contributed by atoms with Gasteiger partial charge in [-0.1, -0.05) is 0 Å². The zero-order chi connectivity index (χ0) is 23.7. The van der Waals surface area contributed by atoms with E-state index in [0.29, 0.717) is 29.2 Å². The van der Waals surface area contributed by atoms with Gasteiger partial charge in [0, 0.05) is 63.6 Å². The van der Waals surface area contributed by atoms with Crippen LogP contribution in [0.2, 0.25) is 0 Å². The van der Waals surface area contributed by atoms with Crippen molar-refractivity contribution in [2.45, 2.75) is 33.1 Å². The highest BCUT2D eigenvalue weighted by Gasteiger charge is 2.50. The van der Waals surface area contributed by atoms with Crippen LogP contribution in [0.5, 0.6) is 0 Å². The van der Waals surface area contributed by atoms with Crippen molar-refractivity contribution in [1.29, 1.82) is 0 Å². The first-order chi connectivity index (χ1) is 16.5. The number of hydrogen-bond donors (Lipinski definition) is 0. The molecule has 0 aromatic carbocycles. The van der Waals surface area contributed by atoms with Gasteiger partial charge in [-0.25, -0.2) is 14.2 Å². The van der Waals surface area contributed by atoms with Gasteiger partial charge in [0.05, 0.1) is 30.3 Å². The quantitative estimate of drug-likeness (QED) is 0.666. The van der Waals surface area contributed by atoms with Crippen LogP contribution in [-0.4, -0.2) is 83.3 Å². The lowest BCUT2D eigenvalue weighted by Gasteiger charge is -2.47. The van der Waals surface area contributed by atoms with Gasteiger partial charge in [0.25, 0.3) is 0 Å². The summed E-state index contributed by atoms with van der Waals surface area (Å²) < 4.78 is 19.5. The number of pyridine rings is 1. The fourth-order valence-electron chi connectivity index (χ4n) is 5.93. The third-order valence-electron chi connectivity index (χ3n) is 7.65. The predicted octanol–water partition coefficient (Wildman–Crippen LogP) is 3.37. The summed E-state index contributed by atoms with van der Waals surface area (Å²) >= 11 is 0. The number of amides is 1. The number of piperazine rings is 1. The molecule has 2 saturated heterocycles. The Morgan fingerprint density at radius 2 is 1.97 bits per heavy atom. The lowest BCUT2D eigenvalue weighted by molar-refractivity contribution is -0.00128. The van der Waals surface area contributed by atoms with E-state index in [9.17, 15) is 9.18 Å². The molecule has 5 rings (SSSR count). The van der Waals surface area contributed by atoms with Crippen LogP contribution < -0.4 is 4.90 Å². The van der Waals surface area contributed by atoms with E-state index < -0.39 is 0 Å². The zero-order valence-electron chi connectivity index (χ0n) is 20.0. The molecule has 1 aliphatic carbocycles. The number of carbonyl (C=O) groups excluding carboxylic acids is 1. The average molecular weight is 469 g/mol. The number of aromatic nitrogens is 3. The number of carbonyl (C=O) groups is 1. The maximum atomic E-state index is 14.3. The second-order valence-corrected chi connectivity index (χ2v) is 9.97. The number of ether oxygens (including phenoxy) is 1. The van der Waals surface area contributed by atoms with Gasteiger partial charge in [0.2, 0.25) is 0 Å². The summed E-state index contributed by atoms with van der Waals surface area (Å²) in [5, 5.41) is 0. The molecule has 0 radical (unpaired) electrons. The van der Waals surface area contributed by atoms with Gasteiger partial charge < -0.3 is 14.5 Å². The van der Waals surface area contributed by atoms with E-state index >= 15 is 0 Å². The fraction of sp³-hybridized carbons (Fsp3) is 0.600. The van der Waals surface area contributed by atoms with Crippen LogP contribution in [0.25, 0.3) is 11.3 Å². The van der Waals surface area contributed by atoms with Gasteiger partial charge >= 0.3 is 6.09 Å². The molecule has 3 fully saturated rings. The summed E-state index contributed by atoms with van der Waals surface area (Å²) in [6.07, 6.45) is 9.69. The SMILES string of the molecule is CCOC(=O)N1CC2(CC[C@@H](CN3CCN(c4ncc(F)c(C)c4-c4cnccn4)CC3)C2)C1. The monoisotopic (exact) mass is 468 g/mol. The lowest BCUT2D eigenvalue weighted by atomic mass is 9.78. The Labute approximate surface area is 200 Å². The van der Waals surface area contributed by atoms with Crippen LogP contribution in [-0.2, 0) is 4.74 Å². The first-order valence-corrected chi connectivity index (χ1v) is 12.3. The topological polar surface area (TPSA) is 74.7 Å². The second kappa shape index (κ2) is 9.44. The van der Waals surface area contributed by atoms with Crippen molar-refractivity contribution in [2.75, 3.05) is 57.3 Å². The van der Waals surface area contributed by atoms with Crippen molar-refractivity contribution in [2.24, 2.45) is 11.3 Å². The van der Waals surface area contributed by atoms with E-state index in [-0.39, 0.29) is 11.9 Å². The van der Waals surface area contributed by atoms with E-state index in [4.69, 9.17) is 4.74 Å². The standard InChI is InChI=1S/C25H33FN6O2/c1-3-34-24(33)32-16-25(17-32)5-4-19(12-25)15-30-8-10-31(11-9-30)23-22(18(2)20(26)13-29-23)21-14-27-6-7-28-21/h6-7,13-14,19H,3-5,8-12,15-17H2,1-2H3/t19-/m1/s1. The lowest BCUT2D eigenvalue weighted by Crippen LogP contribution is -2.57. The summed E-state index contributed by atoms with van der Waals surface area (Å²) in [5.41, 5.74) is 2.25. The van der Waals surface area contributed by atoms with Gasteiger partial charge in [-0.2, -0.15) is 0 Å². The highest BCUT2D eigenvalue weighted by Crippen LogP contribution is 2.48. The number of nitrogens with zero attached hydrogens (tertiary/aromatic N) is 6.